The van der Waals surface area contributed by atoms with Crippen molar-refractivity contribution in [1.29, 1.82) is 0 Å². The lowest BCUT2D eigenvalue weighted by molar-refractivity contribution is -0.135. The molecule has 0 aliphatic rings. The molecule has 18 heavy (non-hydrogen) atoms. The van der Waals surface area contributed by atoms with Crippen molar-refractivity contribution in [3.05, 3.63) is 59.9 Å². The minimum absolute atomic E-state index is 0.362. The summed E-state index contributed by atoms with van der Waals surface area (Å²) in [7, 11) is 0. The first-order valence-corrected chi connectivity index (χ1v) is 5.25. The number of carbonyl (C=O) groups is 2. The van der Waals surface area contributed by atoms with Crippen LogP contribution in [-0.4, -0.2) is 22.0 Å². The van der Waals surface area contributed by atoms with Gasteiger partial charge in [-0.25, -0.2) is 4.79 Å². The fourth-order valence-corrected chi connectivity index (χ4v) is 1.70. The Hall–Kier alpha value is -2.62. The third-order valence-electron chi connectivity index (χ3n) is 2.54. The lowest BCUT2D eigenvalue weighted by Crippen LogP contribution is -2.04. The number of aliphatic carboxylic acids is 1. The van der Waals surface area contributed by atoms with Crippen molar-refractivity contribution in [3.8, 4) is 0 Å². The Bertz CT molecular complexity index is 650. The van der Waals surface area contributed by atoms with E-state index in [1.165, 1.54) is 0 Å². The second-order valence-electron chi connectivity index (χ2n) is 3.73. The maximum absolute atomic E-state index is 11.9. The highest BCUT2D eigenvalue weighted by Gasteiger charge is 2.11. The Morgan fingerprint density at radius 3 is 2.33 bits per heavy atom. The number of ketones is 1. The molecule has 0 radical (unpaired) electrons. The van der Waals surface area contributed by atoms with Crippen LogP contribution in [0, 0.1) is 0 Å². The molecule has 0 unspecified atom stereocenters. The van der Waals surface area contributed by atoms with Crippen molar-refractivity contribution >= 4 is 22.5 Å². The molecule has 2 rings (SSSR count). The SMILES string of the molecule is O=C(O)/C(O)=C/C(=O)c1cccc2ccccc12. The van der Waals surface area contributed by atoms with Crippen molar-refractivity contribution < 1.29 is 19.8 Å². The van der Waals surface area contributed by atoms with Gasteiger partial charge in [0.2, 0.25) is 5.76 Å². The van der Waals surface area contributed by atoms with Gasteiger partial charge in [-0.05, 0) is 10.8 Å². The third-order valence-corrected chi connectivity index (χ3v) is 2.54. The summed E-state index contributed by atoms with van der Waals surface area (Å²) in [5.41, 5.74) is 0.362. The van der Waals surface area contributed by atoms with Gasteiger partial charge in [-0.15, -0.1) is 0 Å². The van der Waals surface area contributed by atoms with Crippen molar-refractivity contribution in [2.24, 2.45) is 0 Å². The van der Waals surface area contributed by atoms with Crippen LogP contribution >= 0.6 is 0 Å². The lowest BCUT2D eigenvalue weighted by atomic mass is 10.0. The number of fused-ring (bicyclic) bond motifs is 1. The summed E-state index contributed by atoms with van der Waals surface area (Å²) in [4.78, 5) is 22.3. The number of carboxylic acid groups (broad SMARTS) is 1. The normalized spacial score (nSPS) is 11.4. The quantitative estimate of drug-likeness (QED) is 0.492. The largest absolute Gasteiger partial charge is 0.502 e. The van der Waals surface area contributed by atoms with Gasteiger partial charge in [0, 0.05) is 11.6 Å². The van der Waals surface area contributed by atoms with Gasteiger partial charge in [-0.2, -0.15) is 0 Å². The Morgan fingerprint density at radius 2 is 1.61 bits per heavy atom. The van der Waals surface area contributed by atoms with Crippen molar-refractivity contribution in [2.45, 2.75) is 0 Å². The van der Waals surface area contributed by atoms with Crippen molar-refractivity contribution in [3.63, 3.8) is 0 Å². The van der Waals surface area contributed by atoms with E-state index in [9.17, 15) is 9.59 Å². The third kappa shape index (κ3) is 2.22. The molecule has 0 heterocycles. The average Bonchev–Trinajstić information content (AvgIpc) is 2.37. The minimum atomic E-state index is -1.52. The molecule has 90 valence electrons. The van der Waals surface area contributed by atoms with Gasteiger partial charge >= 0.3 is 5.97 Å². The summed E-state index contributed by atoms with van der Waals surface area (Å²) in [6.07, 6.45) is 0.712. The van der Waals surface area contributed by atoms with Gasteiger partial charge in [-0.1, -0.05) is 42.5 Å². The number of carbonyl (C=O) groups excluding carboxylic acids is 1. The molecule has 2 aromatic rings. The zero-order valence-corrected chi connectivity index (χ0v) is 9.33. The number of aliphatic hydroxyl groups is 1. The molecule has 0 saturated carbocycles. The first-order valence-electron chi connectivity index (χ1n) is 5.25. The molecular weight excluding hydrogens is 232 g/mol. The Morgan fingerprint density at radius 1 is 0.944 bits per heavy atom. The fraction of sp³-hybridized carbons (Fsp3) is 0. The van der Waals surface area contributed by atoms with Crippen molar-refractivity contribution in [1.82, 2.24) is 0 Å². The Labute approximate surface area is 103 Å². The van der Waals surface area contributed by atoms with E-state index in [1.807, 2.05) is 18.2 Å². The monoisotopic (exact) mass is 242 g/mol. The lowest BCUT2D eigenvalue weighted by Gasteiger charge is -2.02. The molecule has 0 saturated heterocycles. The number of allylic oxidation sites excluding steroid dienone is 1. The predicted molar refractivity (Wildman–Crippen MR) is 66.6 cm³/mol. The number of aliphatic hydroxyl groups excluding tert-OH is 1. The molecule has 0 atom stereocenters. The second kappa shape index (κ2) is 4.71. The summed E-state index contributed by atoms with van der Waals surface area (Å²) in [5.74, 6) is -3.02. The van der Waals surface area contributed by atoms with Gasteiger partial charge < -0.3 is 10.2 Å². The topological polar surface area (TPSA) is 74.6 Å². The van der Waals surface area contributed by atoms with Crippen LogP contribution in [0.25, 0.3) is 10.8 Å². The Kier molecular flexibility index (Phi) is 3.10. The number of hydrogen-bond acceptors (Lipinski definition) is 3. The van der Waals surface area contributed by atoms with Crippen LogP contribution < -0.4 is 0 Å². The molecule has 0 amide bonds. The van der Waals surface area contributed by atoms with Crippen LogP contribution in [0.4, 0.5) is 0 Å². The van der Waals surface area contributed by atoms with Crippen molar-refractivity contribution in [2.75, 3.05) is 0 Å². The van der Waals surface area contributed by atoms with E-state index in [2.05, 4.69) is 0 Å². The molecular formula is C14H10O4. The van der Waals surface area contributed by atoms with E-state index in [4.69, 9.17) is 10.2 Å². The van der Waals surface area contributed by atoms with Crippen LogP contribution in [0.15, 0.2) is 54.3 Å². The zero-order chi connectivity index (χ0) is 13.1. The van der Waals surface area contributed by atoms with Crippen LogP contribution in [0.5, 0.6) is 0 Å². The van der Waals surface area contributed by atoms with Gasteiger partial charge in [-0.3, -0.25) is 4.79 Å². The molecule has 0 spiro atoms. The van der Waals surface area contributed by atoms with Crippen LogP contribution in [0.1, 0.15) is 10.4 Å². The highest BCUT2D eigenvalue weighted by Crippen LogP contribution is 2.19. The van der Waals surface area contributed by atoms with Gasteiger partial charge in [0.05, 0.1) is 0 Å². The summed E-state index contributed by atoms with van der Waals surface area (Å²) >= 11 is 0. The molecule has 0 bridgehead atoms. The molecule has 0 fully saturated rings. The van der Waals surface area contributed by atoms with Gasteiger partial charge in [0.15, 0.2) is 5.78 Å². The van der Waals surface area contributed by atoms with E-state index in [1.54, 1.807) is 24.3 Å². The first-order chi connectivity index (χ1) is 8.59. The highest BCUT2D eigenvalue weighted by atomic mass is 16.4. The van der Waals surface area contributed by atoms with Gasteiger partial charge in [0.1, 0.15) is 0 Å². The summed E-state index contributed by atoms with van der Waals surface area (Å²) in [6.45, 7) is 0. The van der Waals surface area contributed by atoms with Crippen LogP contribution in [0.2, 0.25) is 0 Å². The van der Waals surface area contributed by atoms with E-state index in [0.717, 1.165) is 10.8 Å². The number of hydrogen-bond donors (Lipinski definition) is 2. The molecule has 0 aromatic heterocycles. The van der Waals surface area contributed by atoms with Gasteiger partial charge in [0.25, 0.3) is 0 Å². The standard InChI is InChI=1S/C14H10O4/c15-12(8-13(16)14(17)18)11-7-3-5-9-4-1-2-6-10(9)11/h1-8,16H,(H,17,18)/b13-8-. The maximum atomic E-state index is 11.9. The predicted octanol–water partition coefficient (Wildman–Crippen LogP) is 2.55. The summed E-state index contributed by atoms with van der Waals surface area (Å²) < 4.78 is 0. The molecule has 4 heteroatoms. The Balaban J connectivity index is 2.52. The second-order valence-corrected chi connectivity index (χ2v) is 3.73. The maximum Gasteiger partial charge on any atom is 0.371 e. The van der Waals surface area contributed by atoms with Crippen LogP contribution in [-0.2, 0) is 4.79 Å². The van der Waals surface area contributed by atoms with Crippen LogP contribution in [0.3, 0.4) is 0 Å². The highest BCUT2D eigenvalue weighted by molar-refractivity contribution is 6.15. The first kappa shape index (κ1) is 11.9. The van der Waals surface area contributed by atoms with E-state index >= 15 is 0 Å². The number of benzene rings is 2. The molecule has 0 aliphatic carbocycles. The number of rotatable bonds is 3. The number of carboxylic acids is 1. The van der Waals surface area contributed by atoms with E-state index < -0.39 is 17.5 Å². The average molecular weight is 242 g/mol. The van der Waals surface area contributed by atoms with E-state index in [-0.39, 0.29) is 0 Å². The summed E-state index contributed by atoms with van der Waals surface area (Å²) in [5, 5.41) is 19.2. The molecule has 2 N–H and O–H groups in total. The molecule has 2 aromatic carbocycles. The zero-order valence-electron chi connectivity index (χ0n) is 9.33. The minimum Gasteiger partial charge on any atom is -0.502 e. The summed E-state index contributed by atoms with van der Waals surface area (Å²) in [6, 6.07) is 12.4. The molecule has 0 aliphatic heterocycles. The molecule has 4 nitrogen and oxygen atoms in total. The fourth-order valence-electron chi connectivity index (χ4n) is 1.70. The smallest absolute Gasteiger partial charge is 0.371 e. The van der Waals surface area contributed by atoms with E-state index in [0.29, 0.717) is 11.6 Å².